The summed E-state index contributed by atoms with van der Waals surface area (Å²) in [4.78, 5) is 0. The van der Waals surface area contributed by atoms with E-state index in [9.17, 15) is 5.11 Å². The van der Waals surface area contributed by atoms with E-state index in [2.05, 4.69) is 48.0 Å². The Bertz CT molecular complexity index is 356. The second-order valence-corrected chi connectivity index (χ2v) is 5.57. The molecule has 1 unspecified atom stereocenters. The molecular formula is C13H17BrO. The maximum Gasteiger partial charge on any atom is 0.0829 e. The maximum atomic E-state index is 10.0. The first-order chi connectivity index (χ1) is 7.09. The van der Waals surface area contributed by atoms with E-state index in [0.717, 1.165) is 10.0 Å². The summed E-state index contributed by atoms with van der Waals surface area (Å²) in [5, 5.41) is 10.0. The van der Waals surface area contributed by atoms with E-state index in [4.69, 9.17) is 0 Å². The molecular weight excluding hydrogens is 252 g/mol. The molecule has 82 valence electrons. The molecule has 15 heavy (non-hydrogen) atoms. The third-order valence-corrected chi connectivity index (χ3v) is 3.77. The van der Waals surface area contributed by atoms with Crippen molar-refractivity contribution in [3.63, 3.8) is 0 Å². The standard InChI is InChI=1S/C13H17BrO/c1-8(2)10-5-6-11(12(14)7-10)13(15)9-3-4-9/h5-9,13,15H,3-4H2,1-2H3. The monoisotopic (exact) mass is 268 g/mol. The molecule has 0 saturated heterocycles. The summed E-state index contributed by atoms with van der Waals surface area (Å²) in [5.41, 5.74) is 2.36. The van der Waals surface area contributed by atoms with Crippen LogP contribution < -0.4 is 0 Å². The summed E-state index contributed by atoms with van der Waals surface area (Å²) in [6.45, 7) is 4.36. The average Bonchev–Trinajstić information content (AvgIpc) is 2.99. The molecule has 0 aromatic heterocycles. The van der Waals surface area contributed by atoms with Gasteiger partial charge in [-0.1, -0.05) is 41.9 Å². The number of benzene rings is 1. The van der Waals surface area contributed by atoms with Gasteiger partial charge in [0.2, 0.25) is 0 Å². The van der Waals surface area contributed by atoms with E-state index in [1.165, 1.54) is 18.4 Å². The Morgan fingerprint density at radius 2 is 2.00 bits per heavy atom. The predicted octanol–water partition coefficient (Wildman–Crippen LogP) is 4.02. The molecule has 0 heterocycles. The van der Waals surface area contributed by atoms with Gasteiger partial charge in [-0.2, -0.15) is 0 Å². The lowest BCUT2D eigenvalue weighted by molar-refractivity contribution is 0.153. The smallest absolute Gasteiger partial charge is 0.0829 e. The Morgan fingerprint density at radius 3 is 2.47 bits per heavy atom. The van der Waals surface area contributed by atoms with Crippen molar-refractivity contribution in [3.05, 3.63) is 33.8 Å². The van der Waals surface area contributed by atoms with Gasteiger partial charge in [-0.3, -0.25) is 0 Å². The zero-order valence-electron chi connectivity index (χ0n) is 9.20. The van der Waals surface area contributed by atoms with E-state index >= 15 is 0 Å². The molecule has 1 N–H and O–H groups in total. The van der Waals surface area contributed by atoms with Crippen LogP contribution in [0, 0.1) is 5.92 Å². The lowest BCUT2D eigenvalue weighted by Gasteiger charge is -2.14. The summed E-state index contributed by atoms with van der Waals surface area (Å²) < 4.78 is 1.05. The Labute approximate surface area is 99.6 Å². The quantitative estimate of drug-likeness (QED) is 0.878. The summed E-state index contributed by atoms with van der Waals surface area (Å²) in [6.07, 6.45) is 2.06. The second-order valence-electron chi connectivity index (χ2n) is 4.72. The van der Waals surface area contributed by atoms with Crippen molar-refractivity contribution < 1.29 is 5.11 Å². The normalized spacial score (nSPS) is 18.2. The Balaban J connectivity index is 2.25. The molecule has 0 spiro atoms. The number of aliphatic hydroxyl groups excluding tert-OH is 1. The summed E-state index contributed by atoms with van der Waals surface area (Å²) >= 11 is 3.55. The molecule has 0 radical (unpaired) electrons. The van der Waals surface area contributed by atoms with Crippen LogP contribution in [0.5, 0.6) is 0 Å². The Morgan fingerprint density at radius 1 is 1.33 bits per heavy atom. The molecule has 1 aliphatic rings. The van der Waals surface area contributed by atoms with Crippen LogP contribution >= 0.6 is 15.9 Å². The topological polar surface area (TPSA) is 20.2 Å². The first-order valence-corrected chi connectivity index (χ1v) is 6.36. The number of halogens is 1. The third-order valence-electron chi connectivity index (χ3n) is 3.08. The van der Waals surface area contributed by atoms with Gasteiger partial charge in [-0.05, 0) is 41.9 Å². The number of aliphatic hydroxyl groups is 1. The highest BCUT2D eigenvalue weighted by Crippen LogP contribution is 2.43. The van der Waals surface area contributed by atoms with Crippen LogP contribution in [-0.2, 0) is 0 Å². The Kier molecular flexibility index (Phi) is 3.17. The fraction of sp³-hybridized carbons (Fsp3) is 0.538. The average molecular weight is 269 g/mol. The fourth-order valence-electron chi connectivity index (χ4n) is 1.81. The first-order valence-electron chi connectivity index (χ1n) is 5.57. The van der Waals surface area contributed by atoms with Crippen LogP contribution in [0.1, 0.15) is 49.8 Å². The Hall–Kier alpha value is -0.340. The lowest BCUT2D eigenvalue weighted by atomic mass is 9.98. The van der Waals surface area contributed by atoms with E-state index < -0.39 is 0 Å². The zero-order chi connectivity index (χ0) is 11.0. The SMILES string of the molecule is CC(C)c1ccc(C(O)C2CC2)c(Br)c1. The molecule has 1 aromatic carbocycles. The molecule has 0 amide bonds. The van der Waals surface area contributed by atoms with Crippen LogP contribution in [-0.4, -0.2) is 5.11 Å². The molecule has 2 rings (SSSR count). The molecule has 0 bridgehead atoms. The molecule has 1 fully saturated rings. The van der Waals surface area contributed by atoms with Crippen molar-refractivity contribution in [1.29, 1.82) is 0 Å². The highest BCUT2D eigenvalue weighted by atomic mass is 79.9. The number of hydrogen-bond donors (Lipinski definition) is 1. The molecule has 2 heteroatoms. The van der Waals surface area contributed by atoms with Crippen LogP contribution in [0.4, 0.5) is 0 Å². The van der Waals surface area contributed by atoms with Gasteiger partial charge in [0, 0.05) is 4.47 Å². The molecule has 0 aliphatic heterocycles. The highest BCUT2D eigenvalue weighted by molar-refractivity contribution is 9.10. The first kappa shape index (κ1) is 11.2. The van der Waals surface area contributed by atoms with Crippen molar-refractivity contribution in [2.45, 2.75) is 38.7 Å². The van der Waals surface area contributed by atoms with Crippen LogP contribution in [0.3, 0.4) is 0 Å². The number of hydrogen-bond acceptors (Lipinski definition) is 1. The van der Waals surface area contributed by atoms with Gasteiger partial charge < -0.3 is 5.11 Å². The van der Waals surface area contributed by atoms with Gasteiger partial charge in [0.25, 0.3) is 0 Å². The van der Waals surface area contributed by atoms with E-state index in [1.54, 1.807) is 0 Å². The van der Waals surface area contributed by atoms with Gasteiger partial charge >= 0.3 is 0 Å². The van der Waals surface area contributed by atoms with E-state index in [1.807, 2.05) is 0 Å². The van der Waals surface area contributed by atoms with Gasteiger partial charge in [-0.15, -0.1) is 0 Å². The van der Waals surface area contributed by atoms with Gasteiger partial charge in [0.1, 0.15) is 0 Å². The summed E-state index contributed by atoms with van der Waals surface area (Å²) in [5.74, 6) is 1.03. The predicted molar refractivity (Wildman–Crippen MR) is 65.9 cm³/mol. The molecule has 1 aromatic rings. The lowest BCUT2D eigenvalue weighted by Crippen LogP contribution is -2.01. The molecule has 1 saturated carbocycles. The van der Waals surface area contributed by atoms with Gasteiger partial charge in [0.05, 0.1) is 6.10 Å². The fourth-order valence-corrected chi connectivity index (χ4v) is 2.44. The van der Waals surface area contributed by atoms with Crippen molar-refractivity contribution in [3.8, 4) is 0 Å². The van der Waals surface area contributed by atoms with Gasteiger partial charge in [-0.25, -0.2) is 0 Å². The van der Waals surface area contributed by atoms with Crippen LogP contribution in [0.15, 0.2) is 22.7 Å². The van der Waals surface area contributed by atoms with Crippen molar-refractivity contribution in [2.24, 2.45) is 5.92 Å². The van der Waals surface area contributed by atoms with Crippen molar-refractivity contribution in [2.75, 3.05) is 0 Å². The maximum absolute atomic E-state index is 10.0. The summed E-state index contributed by atoms with van der Waals surface area (Å²) in [6, 6.07) is 6.31. The van der Waals surface area contributed by atoms with Crippen molar-refractivity contribution >= 4 is 15.9 Å². The second kappa shape index (κ2) is 4.26. The van der Waals surface area contributed by atoms with Crippen LogP contribution in [0.25, 0.3) is 0 Å². The minimum Gasteiger partial charge on any atom is -0.388 e. The molecule has 1 aliphatic carbocycles. The largest absolute Gasteiger partial charge is 0.388 e. The van der Waals surface area contributed by atoms with E-state index in [0.29, 0.717) is 11.8 Å². The van der Waals surface area contributed by atoms with Crippen LogP contribution in [0.2, 0.25) is 0 Å². The van der Waals surface area contributed by atoms with Crippen molar-refractivity contribution in [1.82, 2.24) is 0 Å². The zero-order valence-corrected chi connectivity index (χ0v) is 10.8. The highest BCUT2D eigenvalue weighted by Gasteiger charge is 2.31. The molecule has 1 nitrogen and oxygen atoms in total. The summed E-state index contributed by atoms with van der Waals surface area (Å²) in [7, 11) is 0. The number of rotatable bonds is 3. The van der Waals surface area contributed by atoms with E-state index in [-0.39, 0.29) is 6.10 Å². The van der Waals surface area contributed by atoms with Gasteiger partial charge in [0.15, 0.2) is 0 Å². The minimum absolute atomic E-state index is 0.277. The minimum atomic E-state index is -0.277. The third kappa shape index (κ3) is 2.43. The molecule has 1 atom stereocenters.